The van der Waals surface area contributed by atoms with Crippen molar-refractivity contribution in [1.82, 2.24) is 9.97 Å². The van der Waals surface area contributed by atoms with E-state index in [0.717, 1.165) is 31.0 Å². The highest BCUT2D eigenvalue weighted by atomic mass is 16.5. The predicted molar refractivity (Wildman–Crippen MR) is 107 cm³/mol. The molecular formula is C20H27N5O2. The van der Waals surface area contributed by atoms with Crippen molar-refractivity contribution >= 4 is 17.2 Å². The van der Waals surface area contributed by atoms with Crippen LogP contribution < -0.4 is 15.4 Å². The molecule has 0 amide bonds. The van der Waals surface area contributed by atoms with Crippen LogP contribution in [0.1, 0.15) is 39.4 Å². The number of hydrogen-bond donors (Lipinski definition) is 2. The highest BCUT2D eigenvalue weighted by Crippen LogP contribution is 2.40. The molecule has 0 unspecified atom stereocenters. The maximum absolute atomic E-state index is 8.65. The molecular weight excluding hydrogens is 342 g/mol. The molecule has 0 bridgehead atoms. The maximum Gasteiger partial charge on any atom is 0.133 e. The van der Waals surface area contributed by atoms with E-state index < -0.39 is 0 Å². The zero-order chi connectivity index (χ0) is 19.0. The van der Waals surface area contributed by atoms with Gasteiger partial charge in [-0.3, -0.25) is 5.41 Å². The number of ether oxygens (including phenoxy) is 2. The van der Waals surface area contributed by atoms with Crippen molar-refractivity contribution < 1.29 is 10.9 Å². The van der Waals surface area contributed by atoms with Crippen LogP contribution in [-0.4, -0.2) is 47.1 Å². The molecule has 27 heavy (non-hydrogen) atoms. The number of rotatable bonds is 5. The Labute approximate surface area is 160 Å². The maximum atomic E-state index is 8.65. The molecule has 1 atom stereocenters. The number of hydrogen-bond acceptors (Lipinski definition) is 7. The second-order valence-corrected chi connectivity index (χ2v) is 7.55. The predicted octanol–water partition coefficient (Wildman–Crippen LogP) is 2.88. The Morgan fingerprint density at radius 1 is 1.37 bits per heavy atom. The molecule has 0 spiro atoms. The van der Waals surface area contributed by atoms with E-state index in [4.69, 9.17) is 20.6 Å². The third-order valence-corrected chi connectivity index (χ3v) is 5.18. The van der Waals surface area contributed by atoms with E-state index in [1.54, 1.807) is 6.07 Å². The lowest BCUT2D eigenvalue weighted by Gasteiger charge is -2.34. The SMILES string of the molecule is C[C@H]1COCCN1c1cc(C(=N)c2cc(OC3(C)CC3)ccc2N)ncn1.[HH]. The zero-order valence-corrected chi connectivity index (χ0v) is 15.7. The molecule has 1 aliphatic heterocycles. The number of anilines is 2. The smallest absolute Gasteiger partial charge is 0.133 e. The van der Waals surface area contributed by atoms with Crippen molar-refractivity contribution in [3.63, 3.8) is 0 Å². The molecule has 3 N–H and O–H groups in total. The van der Waals surface area contributed by atoms with Crippen molar-refractivity contribution in [3.8, 4) is 5.75 Å². The normalized spacial score (nSPS) is 21.0. The number of nitrogens with zero attached hydrogens (tertiary/aromatic N) is 3. The molecule has 0 radical (unpaired) electrons. The van der Waals surface area contributed by atoms with E-state index in [-0.39, 0.29) is 18.8 Å². The fraction of sp³-hybridized carbons (Fsp3) is 0.450. The highest BCUT2D eigenvalue weighted by molar-refractivity contribution is 6.13. The van der Waals surface area contributed by atoms with Gasteiger partial charge in [-0.05, 0) is 44.9 Å². The summed E-state index contributed by atoms with van der Waals surface area (Å²) >= 11 is 0. The van der Waals surface area contributed by atoms with E-state index in [0.29, 0.717) is 30.2 Å². The first kappa shape index (κ1) is 17.7. The largest absolute Gasteiger partial charge is 0.488 e. The number of aromatic nitrogens is 2. The van der Waals surface area contributed by atoms with Gasteiger partial charge in [0.1, 0.15) is 23.5 Å². The molecule has 7 nitrogen and oxygen atoms in total. The van der Waals surface area contributed by atoms with Crippen LogP contribution in [0.25, 0.3) is 0 Å². The van der Waals surface area contributed by atoms with E-state index in [9.17, 15) is 0 Å². The van der Waals surface area contributed by atoms with E-state index in [2.05, 4.69) is 28.7 Å². The van der Waals surface area contributed by atoms with E-state index >= 15 is 0 Å². The minimum absolute atomic E-state index is 0. The first-order chi connectivity index (χ1) is 13.0. The van der Waals surface area contributed by atoms with Crippen molar-refractivity contribution in [3.05, 3.63) is 41.9 Å². The van der Waals surface area contributed by atoms with Gasteiger partial charge in [-0.25, -0.2) is 9.97 Å². The van der Waals surface area contributed by atoms with Gasteiger partial charge >= 0.3 is 0 Å². The van der Waals surface area contributed by atoms with Gasteiger partial charge in [-0.15, -0.1) is 0 Å². The van der Waals surface area contributed by atoms with Crippen LogP contribution in [0.4, 0.5) is 11.5 Å². The highest BCUT2D eigenvalue weighted by Gasteiger charge is 2.40. The Bertz CT molecular complexity index is 871. The minimum Gasteiger partial charge on any atom is -0.488 e. The summed E-state index contributed by atoms with van der Waals surface area (Å²) in [6.45, 7) is 6.31. The molecule has 1 aromatic heterocycles. The third-order valence-electron chi connectivity index (χ3n) is 5.18. The Morgan fingerprint density at radius 2 is 2.19 bits per heavy atom. The van der Waals surface area contributed by atoms with Gasteiger partial charge in [-0.2, -0.15) is 0 Å². The molecule has 1 aromatic carbocycles. The number of nitrogens with one attached hydrogen (secondary N) is 1. The molecule has 4 rings (SSSR count). The molecule has 2 heterocycles. The lowest BCUT2D eigenvalue weighted by molar-refractivity contribution is 0.0985. The van der Waals surface area contributed by atoms with Crippen LogP contribution in [0.3, 0.4) is 0 Å². The fourth-order valence-corrected chi connectivity index (χ4v) is 3.22. The monoisotopic (exact) mass is 369 g/mol. The number of nitrogens with two attached hydrogens (primary N) is 1. The number of nitrogen functional groups attached to an aromatic ring is 1. The quantitative estimate of drug-likeness (QED) is 0.621. The van der Waals surface area contributed by atoms with Gasteiger partial charge in [-0.1, -0.05) is 0 Å². The molecule has 1 aliphatic carbocycles. The van der Waals surface area contributed by atoms with E-state index in [1.165, 1.54) is 6.33 Å². The van der Waals surface area contributed by atoms with Crippen LogP contribution in [0.5, 0.6) is 5.75 Å². The lowest BCUT2D eigenvalue weighted by Crippen LogP contribution is -2.44. The number of morpholine rings is 1. The van der Waals surface area contributed by atoms with E-state index in [1.807, 2.05) is 18.2 Å². The molecule has 1 saturated carbocycles. The summed E-state index contributed by atoms with van der Waals surface area (Å²) < 4.78 is 11.5. The first-order valence-corrected chi connectivity index (χ1v) is 9.29. The molecule has 2 fully saturated rings. The summed E-state index contributed by atoms with van der Waals surface area (Å²) in [7, 11) is 0. The Balaban J connectivity index is 0.00000225. The van der Waals surface area contributed by atoms with Crippen LogP contribution in [0.15, 0.2) is 30.6 Å². The second-order valence-electron chi connectivity index (χ2n) is 7.55. The first-order valence-electron chi connectivity index (χ1n) is 9.29. The Kier molecular flexibility index (Phi) is 4.47. The summed E-state index contributed by atoms with van der Waals surface area (Å²) in [5.74, 6) is 1.54. The topological polar surface area (TPSA) is 97.3 Å². The lowest BCUT2D eigenvalue weighted by atomic mass is 10.0. The Morgan fingerprint density at radius 3 is 2.93 bits per heavy atom. The van der Waals surface area contributed by atoms with Crippen molar-refractivity contribution in [2.24, 2.45) is 0 Å². The number of benzene rings is 1. The average Bonchev–Trinajstić information content (AvgIpc) is 3.40. The van der Waals surface area contributed by atoms with Gasteiger partial charge in [0.25, 0.3) is 0 Å². The molecule has 144 valence electrons. The summed E-state index contributed by atoms with van der Waals surface area (Å²) in [5, 5.41) is 8.65. The summed E-state index contributed by atoms with van der Waals surface area (Å²) in [5.41, 5.74) is 8.03. The second kappa shape index (κ2) is 6.81. The van der Waals surface area contributed by atoms with Crippen molar-refractivity contribution in [1.29, 1.82) is 5.41 Å². The van der Waals surface area contributed by atoms with Gasteiger partial charge in [0.05, 0.1) is 30.7 Å². The van der Waals surface area contributed by atoms with Gasteiger partial charge in [0.15, 0.2) is 0 Å². The fourth-order valence-electron chi connectivity index (χ4n) is 3.22. The van der Waals surface area contributed by atoms with Gasteiger partial charge in [0.2, 0.25) is 0 Å². The summed E-state index contributed by atoms with van der Waals surface area (Å²) in [6, 6.07) is 7.56. The van der Waals surface area contributed by atoms with Gasteiger partial charge in [0, 0.05) is 25.3 Å². The molecule has 2 aliphatic rings. The third kappa shape index (κ3) is 3.73. The Hall–Kier alpha value is -2.67. The minimum atomic E-state index is -0.0792. The van der Waals surface area contributed by atoms with Crippen LogP contribution in [-0.2, 0) is 4.74 Å². The van der Waals surface area contributed by atoms with Crippen molar-refractivity contribution in [2.75, 3.05) is 30.4 Å². The van der Waals surface area contributed by atoms with Gasteiger partial charge < -0.3 is 20.1 Å². The standard InChI is InChI=1S/C20H25N5O2.H2/c1-13-11-26-8-7-25(13)18-10-17(23-12-24-18)19(22)15-9-14(3-4-16(15)21)27-20(2)5-6-20;/h3-4,9-10,12-13,22H,5-8,11,21H2,1-2H3;1H/t13-;/m0./s1. The zero-order valence-electron chi connectivity index (χ0n) is 15.7. The van der Waals surface area contributed by atoms with Crippen LogP contribution in [0.2, 0.25) is 0 Å². The summed E-state index contributed by atoms with van der Waals surface area (Å²) in [4.78, 5) is 10.9. The van der Waals surface area contributed by atoms with Crippen LogP contribution >= 0.6 is 0 Å². The average molecular weight is 369 g/mol. The molecule has 7 heteroatoms. The summed E-state index contributed by atoms with van der Waals surface area (Å²) in [6.07, 6.45) is 3.61. The molecule has 2 aromatic rings. The van der Waals surface area contributed by atoms with Crippen molar-refractivity contribution in [2.45, 2.75) is 38.3 Å². The molecule has 1 saturated heterocycles. The van der Waals surface area contributed by atoms with Crippen LogP contribution in [0, 0.1) is 5.41 Å².